The first kappa shape index (κ1) is 24.1. The first-order valence-electron chi connectivity index (χ1n) is 13.4. The second-order valence-electron chi connectivity index (χ2n) is 10.1. The van der Waals surface area contributed by atoms with Crippen LogP contribution in [0.5, 0.6) is 0 Å². The Morgan fingerprint density at radius 3 is 2.54 bits per heavy atom. The van der Waals surface area contributed by atoms with Gasteiger partial charge >= 0.3 is 5.97 Å². The molecule has 4 heterocycles. The van der Waals surface area contributed by atoms with Crippen LogP contribution in [0, 0.1) is 5.92 Å². The van der Waals surface area contributed by atoms with Crippen molar-refractivity contribution in [2.75, 3.05) is 6.61 Å². The molecule has 196 valence electrons. The Morgan fingerprint density at radius 2 is 1.74 bits per heavy atom. The average Bonchev–Trinajstić information content (AvgIpc) is 3.49. The number of carbonyl (C=O) groups excluding carboxylic acids is 1. The van der Waals surface area contributed by atoms with Crippen LogP contribution in [0.25, 0.3) is 38.3 Å². The Bertz CT molecular complexity index is 1840. The van der Waals surface area contributed by atoms with Crippen LogP contribution in [0.3, 0.4) is 0 Å². The summed E-state index contributed by atoms with van der Waals surface area (Å²) in [4.78, 5) is 42.1. The fourth-order valence-electron chi connectivity index (χ4n) is 5.93. The maximum atomic E-state index is 14.3. The van der Waals surface area contributed by atoms with Gasteiger partial charge in [-0.2, -0.15) is 0 Å². The van der Waals surface area contributed by atoms with Crippen molar-refractivity contribution in [1.29, 1.82) is 0 Å². The van der Waals surface area contributed by atoms with Crippen molar-refractivity contribution < 1.29 is 9.53 Å². The fourth-order valence-corrected chi connectivity index (χ4v) is 7.55. The maximum absolute atomic E-state index is 14.3. The van der Waals surface area contributed by atoms with Crippen molar-refractivity contribution in [3.8, 4) is 0 Å². The summed E-state index contributed by atoms with van der Waals surface area (Å²) in [5, 5.41) is 1.31. The first-order chi connectivity index (χ1) is 19.1. The molecular formula is C30H27N5O3S. The van der Waals surface area contributed by atoms with Crippen molar-refractivity contribution in [2.45, 2.75) is 44.4 Å². The second kappa shape index (κ2) is 9.64. The van der Waals surface area contributed by atoms with Crippen LogP contribution < -0.4 is 5.56 Å². The topological polar surface area (TPSA) is 91.9 Å². The van der Waals surface area contributed by atoms with E-state index in [-0.39, 0.29) is 22.7 Å². The van der Waals surface area contributed by atoms with E-state index in [9.17, 15) is 9.59 Å². The van der Waals surface area contributed by atoms with Gasteiger partial charge in [-0.15, -0.1) is 11.8 Å². The van der Waals surface area contributed by atoms with Gasteiger partial charge in [-0.25, -0.2) is 19.7 Å². The third kappa shape index (κ3) is 3.95. The lowest BCUT2D eigenvalue weighted by molar-refractivity contribution is -0.139. The van der Waals surface area contributed by atoms with Gasteiger partial charge in [0.2, 0.25) is 0 Å². The third-order valence-corrected chi connectivity index (χ3v) is 9.22. The number of para-hydroxylation sites is 2. The molecule has 8 nitrogen and oxygen atoms in total. The number of ether oxygens (including phenoxy) is 1. The summed E-state index contributed by atoms with van der Waals surface area (Å²) in [6, 6.07) is 17.7. The summed E-state index contributed by atoms with van der Waals surface area (Å²) in [7, 11) is 0. The van der Waals surface area contributed by atoms with Gasteiger partial charge in [0.15, 0.2) is 11.3 Å². The van der Waals surface area contributed by atoms with Crippen molar-refractivity contribution in [3.63, 3.8) is 0 Å². The Kier molecular flexibility index (Phi) is 5.96. The van der Waals surface area contributed by atoms with Gasteiger partial charge in [0.1, 0.15) is 17.2 Å². The van der Waals surface area contributed by atoms with Crippen molar-refractivity contribution in [3.05, 3.63) is 82.4 Å². The zero-order valence-electron chi connectivity index (χ0n) is 21.5. The van der Waals surface area contributed by atoms with E-state index in [1.54, 1.807) is 22.7 Å². The molecule has 0 radical (unpaired) electrons. The van der Waals surface area contributed by atoms with Crippen LogP contribution >= 0.6 is 11.8 Å². The highest BCUT2D eigenvalue weighted by Gasteiger charge is 2.42. The molecule has 2 atom stereocenters. The maximum Gasteiger partial charge on any atom is 0.337 e. The lowest BCUT2D eigenvalue weighted by Crippen LogP contribution is -2.25. The molecule has 9 heteroatoms. The number of hydrogen-bond acceptors (Lipinski definition) is 7. The molecule has 1 aliphatic carbocycles. The van der Waals surface area contributed by atoms with Gasteiger partial charge in [-0.3, -0.25) is 9.36 Å². The van der Waals surface area contributed by atoms with E-state index in [0.717, 1.165) is 36.8 Å². The molecule has 0 saturated heterocycles. The minimum absolute atomic E-state index is 0.0866. The molecule has 5 aromatic rings. The van der Waals surface area contributed by atoms with E-state index in [4.69, 9.17) is 19.7 Å². The molecule has 2 aliphatic rings. The zero-order valence-corrected chi connectivity index (χ0v) is 22.4. The van der Waals surface area contributed by atoms with Gasteiger partial charge in [0.25, 0.3) is 5.56 Å². The van der Waals surface area contributed by atoms with Crippen LogP contribution in [-0.2, 0) is 16.1 Å². The van der Waals surface area contributed by atoms with Crippen LogP contribution in [0.1, 0.15) is 38.2 Å². The van der Waals surface area contributed by atoms with Crippen molar-refractivity contribution in [2.24, 2.45) is 5.92 Å². The van der Waals surface area contributed by atoms with E-state index < -0.39 is 0 Å². The summed E-state index contributed by atoms with van der Waals surface area (Å²) in [5.74, 6) is -0.248. The van der Waals surface area contributed by atoms with Crippen LogP contribution in [0.4, 0.5) is 0 Å². The fraction of sp³-hybridized carbons (Fsp3) is 0.300. The number of thioether (sulfide) groups is 1. The van der Waals surface area contributed by atoms with E-state index in [0.29, 0.717) is 51.5 Å². The molecule has 0 amide bonds. The number of fused-ring (bicyclic) bond motifs is 5. The van der Waals surface area contributed by atoms with E-state index in [1.807, 2.05) is 66.1 Å². The van der Waals surface area contributed by atoms with Crippen molar-refractivity contribution in [1.82, 2.24) is 24.1 Å². The first-order valence-corrected chi connectivity index (χ1v) is 14.3. The van der Waals surface area contributed by atoms with E-state index in [1.165, 1.54) is 0 Å². The monoisotopic (exact) mass is 537 g/mol. The second-order valence-corrected chi connectivity index (χ2v) is 11.3. The zero-order chi connectivity index (χ0) is 26.5. The summed E-state index contributed by atoms with van der Waals surface area (Å²) < 4.78 is 8.98. The SMILES string of the molecule is CCOC(=O)C1=C(n2cnc3c(c2=O)c2nc4ccccc4nc2n3Cc2ccccc2)S[C@H]2CCCC[C@@H]12. The van der Waals surface area contributed by atoms with Crippen LogP contribution in [0.2, 0.25) is 0 Å². The van der Waals surface area contributed by atoms with E-state index >= 15 is 0 Å². The highest BCUT2D eigenvalue weighted by Crippen LogP contribution is 2.51. The molecule has 3 aromatic heterocycles. The Labute approximate surface area is 228 Å². The largest absolute Gasteiger partial charge is 0.463 e. The number of rotatable bonds is 5. The number of hydrogen-bond donors (Lipinski definition) is 0. The van der Waals surface area contributed by atoms with Crippen LogP contribution in [0.15, 0.2) is 71.3 Å². The molecule has 0 N–H and O–H groups in total. The molecule has 39 heavy (non-hydrogen) atoms. The molecule has 0 bridgehead atoms. The Morgan fingerprint density at radius 1 is 1.00 bits per heavy atom. The summed E-state index contributed by atoms with van der Waals surface area (Å²) in [6.45, 7) is 2.60. The highest BCUT2D eigenvalue weighted by molar-refractivity contribution is 8.08. The summed E-state index contributed by atoms with van der Waals surface area (Å²) in [6.07, 6.45) is 5.69. The minimum atomic E-state index is -0.335. The Hall–Kier alpha value is -3.98. The Balaban J connectivity index is 1.49. The molecule has 1 aliphatic heterocycles. The minimum Gasteiger partial charge on any atom is -0.463 e. The highest BCUT2D eigenvalue weighted by atomic mass is 32.2. The predicted octanol–water partition coefficient (Wildman–Crippen LogP) is 5.38. The number of benzene rings is 2. The lowest BCUT2D eigenvalue weighted by atomic mass is 9.84. The standard InChI is InChI=1S/C30H27N5O3S/c1-2-38-30(37)23-19-12-6-9-15-22(19)39-29(23)35-17-31-26-24(28(35)36)25-27(33-21-14-8-7-13-20(21)32-25)34(26)16-18-10-4-3-5-11-18/h3-5,7-8,10-11,13-14,17,19,22H,2,6,9,12,15-16H2,1H3/t19-,22+/m1/s1. The third-order valence-electron chi connectivity index (χ3n) is 7.72. The average molecular weight is 538 g/mol. The molecule has 0 unspecified atom stereocenters. The molecular weight excluding hydrogens is 510 g/mol. The summed E-state index contributed by atoms with van der Waals surface area (Å²) in [5.41, 5.74) is 4.57. The van der Waals surface area contributed by atoms with E-state index in [2.05, 4.69) is 0 Å². The molecule has 1 fully saturated rings. The number of nitrogens with zero attached hydrogens (tertiary/aromatic N) is 5. The molecule has 0 spiro atoms. The number of esters is 1. The number of aromatic nitrogens is 5. The molecule has 2 aromatic carbocycles. The quantitative estimate of drug-likeness (QED) is 0.278. The van der Waals surface area contributed by atoms with Crippen molar-refractivity contribution >= 4 is 56.0 Å². The summed E-state index contributed by atoms with van der Waals surface area (Å²) >= 11 is 1.61. The van der Waals surface area contributed by atoms with Gasteiger partial charge in [-0.05, 0) is 37.5 Å². The number of carbonyl (C=O) groups is 1. The van der Waals surface area contributed by atoms with Crippen LogP contribution in [-0.4, -0.2) is 41.9 Å². The smallest absolute Gasteiger partial charge is 0.337 e. The van der Waals surface area contributed by atoms with Gasteiger partial charge in [0, 0.05) is 11.2 Å². The van der Waals surface area contributed by atoms with Gasteiger partial charge in [-0.1, -0.05) is 55.3 Å². The normalized spacial score (nSPS) is 19.2. The predicted molar refractivity (Wildman–Crippen MR) is 153 cm³/mol. The molecule has 7 rings (SSSR count). The van der Waals surface area contributed by atoms with Gasteiger partial charge in [0.05, 0.1) is 34.8 Å². The van der Waals surface area contributed by atoms with Gasteiger partial charge < -0.3 is 9.30 Å². The lowest BCUT2D eigenvalue weighted by Gasteiger charge is -2.25. The molecule has 1 saturated carbocycles.